The van der Waals surface area contributed by atoms with Crippen molar-refractivity contribution >= 4 is 52.3 Å². The molecule has 0 unspecified atom stereocenters. The highest BCUT2D eigenvalue weighted by molar-refractivity contribution is 7.06. The second kappa shape index (κ2) is 11.3. The van der Waals surface area contributed by atoms with E-state index in [1.165, 1.54) is 23.7 Å². The van der Waals surface area contributed by atoms with Gasteiger partial charge in [0.15, 0.2) is 0 Å². The van der Waals surface area contributed by atoms with Crippen LogP contribution in [0.1, 0.15) is 70.5 Å². The Balaban J connectivity index is 1.34. The van der Waals surface area contributed by atoms with Crippen LogP contribution < -0.4 is 4.74 Å². The van der Waals surface area contributed by atoms with Crippen LogP contribution in [0.25, 0.3) is 11.3 Å². The first-order valence-corrected chi connectivity index (χ1v) is 14.5. The van der Waals surface area contributed by atoms with Crippen molar-refractivity contribution < 1.29 is 24.1 Å². The van der Waals surface area contributed by atoms with Crippen molar-refractivity contribution in [2.45, 2.75) is 50.7 Å². The van der Waals surface area contributed by atoms with Crippen LogP contribution in [0, 0.1) is 5.82 Å². The molecule has 1 aliphatic carbocycles. The van der Waals surface area contributed by atoms with E-state index in [1.807, 2.05) is 0 Å². The molecule has 40 heavy (non-hydrogen) atoms. The van der Waals surface area contributed by atoms with E-state index in [2.05, 4.69) is 18.2 Å². The van der Waals surface area contributed by atoms with Crippen molar-refractivity contribution in [1.29, 1.82) is 0 Å². The molecule has 1 saturated carbocycles. The molecule has 208 valence electrons. The van der Waals surface area contributed by atoms with Crippen LogP contribution in [0.5, 0.6) is 5.75 Å². The summed E-state index contributed by atoms with van der Waals surface area (Å²) in [4.78, 5) is 12.4. The maximum atomic E-state index is 14.0. The van der Waals surface area contributed by atoms with Gasteiger partial charge in [-0.15, -0.1) is 0 Å². The molecule has 0 bridgehead atoms. The van der Waals surface area contributed by atoms with Gasteiger partial charge in [0.1, 0.15) is 18.2 Å². The maximum absolute atomic E-state index is 14.0. The second-order valence-electron chi connectivity index (χ2n) is 10.3. The number of carboxylic acid groups (broad SMARTS) is 1. The Labute approximate surface area is 250 Å². The fourth-order valence-corrected chi connectivity index (χ4v) is 6.93. The summed E-state index contributed by atoms with van der Waals surface area (Å²) in [5.41, 5.74) is 1.99. The summed E-state index contributed by atoms with van der Waals surface area (Å²) >= 11 is 20.9. The highest BCUT2D eigenvalue weighted by Gasteiger charge is 2.46. The van der Waals surface area contributed by atoms with Crippen molar-refractivity contribution in [2.75, 3.05) is 0 Å². The first-order valence-electron chi connectivity index (χ1n) is 12.6. The molecule has 1 aliphatic rings. The predicted molar refractivity (Wildman–Crippen MR) is 157 cm³/mol. The van der Waals surface area contributed by atoms with Gasteiger partial charge < -0.3 is 14.9 Å². The number of aromatic carboxylic acids is 1. The average molecular weight is 621 g/mol. The van der Waals surface area contributed by atoms with E-state index >= 15 is 0 Å². The lowest BCUT2D eigenvalue weighted by Gasteiger charge is -2.44. The van der Waals surface area contributed by atoms with E-state index in [0.717, 1.165) is 16.5 Å². The summed E-state index contributed by atoms with van der Waals surface area (Å²) in [6, 6.07) is 14.2. The van der Waals surface area contributed by atoms with E-state index in [1.54, 1.807) is 36.4 Å². The third-order valence-corrected chi connectivity index (χ3v) is 9.31. The first kappa shape index (κ1) is 28.8. The number of carboxylic acids is 1. The number of halogens is 4. The number of carbonyl (C=O) groups is 1. The zero-order chi connectivity index (χ0) is 28.8. The Bertz CT molecular complexity index is 1580. The molecule has 2 N–H and O–H groups in total. The Hall–Kier alpha value is -2.68. The van der Waals surface area contributed by atoms with Gasteiger partial charge in [-0.1, -0.05) is 60.8 Å². The van der Waals surface area contributed by atoms with Gasteiger partial charge in [-0.05, 0) is 84.2 Å². The van der Waals surface area contributed by atoms with Gasteiger partial charge in [0.25, 0.3) is 0 Å². The van der Waals surface area contributed by atoms with E-state index in [-0.39, 0.29) is 36.8 Å². The zero-order valence-electron chi connectivity index (χ0n) is 21.6. The van der Waals surface area contributed by atoms with Crippen molar-refractivity contribution in [3.8, 4) is 17.0 Å². The van der Waals surface area contributed by atoms with Crippen LogP contribution in [0.15, 0.2) is 54.6 Å². The van der Waals surface area contributed by atoms with E-state index in [9.17, 15) is 19.4 Å². The molecule has 0 amide bonds. The molecule has 0 aliphatic heterocycles. The minimum absolute atomic E-state index is 0.119. The van der Waals surface area contributed by atoms with E-state index in [4.69, 9.17) is 39.5 Å². The quantitative estimate of drug-likeness (QED) is 0.205. The second-order valence-corrected chi connectivity index (χ2v) is 12.3. The minimum atomic E-state index is -1.22. The van der Waals surface area contributed by atoms with Gasteiger partial charge in [0.05, 0.1) is 31.9 Å². The summed E-state index contributed by atoms with van der Waals surface area (Å²) < 4.78 is 24.8. The summed E-state index contributed by atoms with van der Waals surface area (Å²) in [5, 5.41) is 21.8. The lowest BCUT2D eigenvalue weighted by molar-refractivity contribution is -0.0549. The van der Waals surface area contributed by atoms with Crippen LogP contribution in [-0.2, 0) is 12.2 Å². The number of ether oxygens (including phenoxy) is 1. The van der Waals surface area contributed by atoms with Crippen molar-refractivity contribution in [3.05, 3.63) is 103 Å². The fourth-order valence-electron chi connectivity index (χ4n) is 5.14. The Morgan fingerprint density at radius 3 is 2.42 bits per heavy atom. The topological polar surface area (TPSA) is 79.7 Å². The molecule has 1 heterocycles. The number of nitrogens with zero attached hydrogens (tertiary/aromatic N) is 1. The Kier molecular flexibility index (Phi) is 8.15. The number of aromatic nitrogens is 1. The van der Waals surface area contributed by atoms with Gasteiger partial charge in [-0.25, -0.2) is 9.18 Å². The van der Waals surface area contributed by atoms with E-state index < -0.39 is 17.4 Å². The SMILES string of the molecule is CC(C)c1snc(-c2c(Cl)cccc2Cl)c1COc1ccc(C2(O)CC(c3cc(F)cc(C(=O)O)c3)C2)c(Cl)c1. The normalized spacial score (nSPS) is 18.6. The predicted octanol–water partition coefficient (Wildman–Crippen LogP) is 9.08. The Morgan fingerprint density at radius 1 is 1.10 bits per heavy atom. The lowest BCUT2D eigenvalue weighted by atomic mass is 9.65. The highest BCUT2D eigenvalue weighted by Crippen LogP contribution is 2.53. The largest absolute Gasteiger partial charge is 0.489 e. The van der Waals surface area contributed by atoms with Gasteiger partial charge >= 0.3 is 5.97 Å². The van der Waals surface area contributed by atoms with Gasteiger partial charge in [-0.2, -0.15) is 4.37 Å². The number of benzene rings is 3. The molecule has 1 aromatic heterocycles. The van der Waals surface area contributed by atoms with Crippen LogP contribution in [0.4, 0.5) is 4.39 Å². The third kappa shape index (κ3) is 5.58. The molecule has 5 rings (SSSR count). The van der Waals surface area contributed by atoms with Crippen LogP contribution in [0.3, 0.4) is 0 Å². The lowest BCUT2D eigenvalue weighted by Crippen LogP contribution is -2.40. The fraction of sp³-hybridized carbons (Fsp3) is 0.267. The molecule has 0 atom stereocenters. The smallest absolute Gasteiger partial charge is 0.335 e. The first-order chi connectivity index (χ1) is 19.0. The molecule has 4 aromatic rings. The van der Waals surface area contributed by atoms with Crippen molar-refractivity contribution in [1.82, 2.24) is 4.37 Å². The minimum Gasteiger partial charge on any atom is -0.489 e. The molecule has 1 fully saturated rings. The highest BCUT2D eigenvalue weighted by atomic mass is 35.5. The molecular weight excluding hydrogens is 596 g/mol. The number of hydrogen-bond acceptors (Lipinski definition) is 5. The van der Waals surface area contributed by atoms with Crippen LogP contribution in [-0.4, -0.2) is 20.6 Å². The van der Waals surface area contributed by atoms with E-state index in [0.29, 0.717) is 43.2 Å². The summed E-state index contributed by atoms with van der Waals surface area (Å²) in [7, 11) is 0. The zero-order valence-corrected chi connectivity index (χ0v) is 24.6. The molecule has 0 spiro atoms. The third-order valence-electron chi connectivity index (χ3n) is 7.17. The molecule has 0 saturated heterocycles. The summed E-state index contributed by atoms with van der Waals surface area (Å²) in [5.74, 6) is -1.29. The molecule has 10 heteroatoms. The van der Waals surface area contributed by atoms with Gasteiger partial charge in [0, 0.05) is 21.6 Å². The van der Waals surface area contributed by atoms with Gasteiger partial charge in [-0.3, -0.25) is 0 Å². The number of hydrogen-bond donors (Lipinski definition) is 2. The molecular formula is C30H25Cl3FNO4S. The number of rotatable bonds is 8. The van der Waals surface area contributed by atoms with Gasteiger partial charge in [0.2, 0.25) is 0 Å². The average Bonchev–Trinajstić information content (AvgIpc) is 3.29. The maximum Gasteiger partial charge on any atom is 0.335 e. The van der Waals surface area contributed by atoms with Crippen LogP contribution in [0.2, 0.25) is 15.1 Å². The summed E-state index contributed by atoms with van der Waals surface area (Å²) in [6.07, 6.45) is 0.575. The standard InChI is InChI=1S/C30H25Cl3FNO4S/c1-15(2)28-21(27(35-40-28)26-23(31)4-3-5-24(26)32)14-39-20-6-7-22(25(33)11-20)30(38)12-18(13-30)16-8-17(29(36)37)10-19(34)9-16/h3-11,15,18,38H,12-14H2,1-2H3,(H,36,37). The van der Waals surface area contributed by atoms with Crippen LogP contribution >= 0.6 is 46.3 Å². The molecule has 3 aromatic carbocycles. The van der Waals surface area contributed by atoms with Crippen molar-refractivity contribution in [3.63, 3.8) is 0 Å². The summed E-state index contributed by atoms with van der Waals surface area (Å²) in [6.45, 7) is 4.38. The molecule has 0 radical (unpaired) electrons. The number of aliphatic hydroxyl groups is 1. The monoisotopic (exact) mass is 619 g/mol. The van der Waals surface area contributed by atoms with Crippen molar-refractivity contribution in [2.24, 2.45) is 0 Å². The molecule has 5 nitrogen and oxygen atoms in total. The Morgan fingerprint density at radius 2 is 1.80 bits per heavy atom.